The largest absolute Gasteiger partial charge is 0.348 e. The Morgan fingerprint density at radius 3 is 2.54 bits per heavy atom. The minimum Gasteiger partial charge on any atom is -0.348 e. The molecule has 6 nitrogen and oxygen atoms in total. The van der Waals surface area contributed by atoms with E-state index in [2.05, 4.69) is 34.1 Å². The lowest BCUT2D eigenvalue weighted by molar-refractivity contribution is 0.0925. The smallest absolute Gasteiger partial charge is 0.255 e. The van der Waals surface area contributed by atoms with E-state index in [4.69, 9.17) is 0 Å². The van der Waals surface area contributed by atoms with Crippen LogP contribution in [0.2, 0.25) is 0 Å². The van der Waals surface area contributed by atoms with Crippen molar-refractivity contribution in [3.8, 4) is 11.3 Å². The molecular formula is C18H27N5O. The molecule has 0 saturated carbocycles. The third kappa shape index (κ3) is 4.89. The molecule has 0 bridgehead atoms. The Hall–Kier alpha value is -2.21. The van der Waals surface area contributed by atoms with Crippen molar-refractivity contribution in [3.63, 3.8) is 0 Å². The second kappa shape index (κ2) is 8.06. The van der Waals surface area contributed by atoms with Crippen LogP contribution in [0.3, 0.4) is 0 Å². The van der Waals surface area contributed by atoms with Gasteiger partial charge < -0.3 is 10.2 Å². The summed E-state index contributed by atoms with van der Waals surface area (Å²) in [5, 5.41) is 7.62. The molecule has 1 atom stereocenters. The van der Waals surface area contributed by atoms with Crippen LogP contribution < -0.4 is 5.32 Å². The first-order valence-electron chi connectivity index (χ1n) is 8.26. The van der Waals surface area contributed by atoms with Crippen LogP contribution in [0.1, 0.15) is 30.6 Å². The lowest BCUT2D eigenvalue weighted by Crippen LogP contribution is -2.42. The highest BCUT2D eigenvalue weighted by Crippen LogP contribution is 2.21. The van der Waals surface area contributed by atoms with Gasteiger partial charge in [-0.1, -0.05) is 13.8 Å². The molecule has 0 unspecified atom stereocenters. The Kier molecular flexibility index (Phi) is 6.09. The van der Waals surface area contributed by atoms with Crippen LogP contribution >= 0.6 is 0 Å². The van der Waals surface area contributed by atoms with Crippen molar-refractivity contribution in [3.05, 3.63) is 36.3 Å². The maximum Gasteiger partial charge on any atom is 0.255 e. The number of aryl methyl sites for hydroxylation is 1. The number of carbonyl (C=O) groups excluding carboxylic acids is 1. The number of likely N-dealkylation sites (N-methyl/N-ethyl adjacent to an activating group) is 1. The highest BCUT2D eigenvalue weighted by molar-refractivity contribution is 5.99. The zero-order valence-corrected chi connectivity index (χ0v) is 15.2. The van der Waals surface area contributed by atoms with Crippen LogP contribution in [0.4, 0.5) is 0 Å². The van der Waals surface area contributed by atoms with Crippen molar-refractivity contribution < 1.29 is 4.79 Å². The standard InChI is InChI=1S/C18H27N5O/c1-13(2)10-15(11-22(3)4)20-18(24)16-12-23(5)21-17(16)14-6-8-19-9-7-14/h6-9,12-13,15H,10-11H2,1-5H3,(H,20,24)/t15-/m0/s1. The van der Waals surface area contributed by atoms with Crippen molar-refractivity contribution in [2.45, 2.75) is 26.3 Å². The summed E-state index contributed by atoms with van der Waals surface area (Å²) in [5.41, 5.74) is 2.17. The molecule has 0 aliphatic heterocycles. The van der Waals surface area contributed by atoms with Gasteiger partial charge in [0.2, 0.25) is 0 Å². The number of nitrogens with zero attached hydrogens (tertiary/aromatic N) is 4. The Labute approximate surface area is 143 Å². The Morgan fingerprint density at radius 1 is 1.29 bits per heavy atom. The molecule has 0 aliphatic rings. The van der Waals surface area contributed by atoms with Crippen LogP contribution in [-0.4, -0.2) is 52.3 Å². The minimum atomic E-state index is -0.0811. The van der Waals surface area contributed by atoms with E-state index in [1.807, 2.05) is 33.3 Å². The van der Waals surface area contributed by atoms with Crippen molar-refractivity contribution in [2.75, 3.05) is 20.6 Å². The van der Waals surface area contributed by atoms with Gasteiger partial charge in [-0.2, -0.15) is 5.10 Å². The maximum absolute atomic E-state index is 12.8. The van der Waals surface area contributed by atoms with Crippen LogP contribution in [0.25, 0.3) is 11.3 Å². The summed E-state index contributed by atoms with van der Waals surface area (Å²) in [6.45, 7) is 5.15. The zero-order chi connectivity index (χ0) is 17.7. The monoisotopic (exact) mass is 329 g/mol. The van der Waals surface area contributed by atoms with Crippen molar-refractivity contribution in [1.29, 1.82) is 0 Å². The first-order chi connectivity index (χ1) is 11.4. The molecule has 2 heterocycles. The molecule has 0 saturated heterocycles. The SMILES string of the molecule is CC(C)C[C@@H](CN(C)C)NC(=O)c1cn(C)nc1-c1ccncc1. The molecule has 24 heavy (non-hydrogen) atoms. The molecule has 6 heteroatoms. The van der Waals surface area contributed by atoms with Crippen LogP contribution in [-0.2, 0) is 7.05 Å². The molecule has 0 fully saturated rings. The summed E-state index contributed by atoms with van der Waals surface area (Å²) < 4.78 is 1.67. The summed E-state index contributed by atoms with van der Waals surface area (Å²) in [5.74, 6) is 0.436. The van der Waals surface area contributed by atoms with Crippen molar-refractivity contribution in [1.82, 2.24) is 25.0 Å². The van der Waals surface area contributed by atoms with Crippen LogP contribution in [0.15, 0.2) is 30.7 Å². The van der Waals surface area contributed by atoms with E-state index in [1.54, 1.807) is 23.3 Å². The number of nitrogens with one attached hydrogen (secondary N) is 1. The van der Waals surface area contributed by atoms with Crippen molar-refractivity contribution in [2.24, 2.45) is 13.0 Å². The Bertz CT molecular complexity index is 653. The van der Waals surface area contributed by atoms with Crippen molar-refractivity contribution >= 4 is 5.91 Å². The average Bonchev–Trinajstić information content (AvgIpc) is 2.89. The average molecular weight is 329 g/mol. The summed E-state index contributed by atoms with van der Waals surface area (Å²) in [6, 6.07) is 3.84. The molecule has 130 valence electrons. The molecule has 2 rings (SSSR count). The van der Waals surface area contributed by atoms with E-state index in [9.17, 15) is 4.79 Å². The fraction of sp³-hybridized carbons (Fsp3) is 0.500. The zero-order valence-electron chi connectivity index (χ0n) is 15.2. The van der Waals surface area contributed by atoms with Crippen LogP contribution in [0, 0.1) is 5.92 Å². The molecule has 0 spiro atoms. The summed E-state index contributed by atoms with van der Waals surface area (Å²) in [7, 11) is 5.87. The highest BCUT2D eigenvalue weighted by atomic mass is 16.1. The number of carbonyl (C=O) groups is 1. The normalized spacial score (nSPS) is 12.6. The minimum absolute atomic E-state index is 0.0811. The van der Waals surface area contributed by atoms with E-state index >= 15 is 0 Å². The molecule has 0 aliphatic carbocycles. The van der Waals surface area contributed by atoms with Gasteiger partial charge >= 0.3 is 0 Å². The lowest BCUT2D eigenvalue weighted by atomic mass is 10.0. The molecule has 1 N–H and O–H groups in total. The van der Waals surface area contributed by atoms with Crippen LogP contribution in [0.5, 0.6) is 0 Å². The summed E-state index contributed by atoms with van der Waals surface area (Å²) in [4.78, 5) is 18.9. The third-order valence-electron chi connectivity index (χ3n) is 3.70. The number of hydrogen-bond acceptors (Lipinski definition) is 4. The number of pyridine rings is 1. The summed E-state index contributed by atoms with van der Waals surface area (Å²) in [6.07, 6.45) is 6.13. The quantitative estimate of drug-likeness (QED) is 0.846. The fourth-order valence-corrected chi connectivity index (χ4v) is 2.83. The molecular weight excluding hydrogens is 302 g/mol. The van der Waals surface area contributed by atoms with E-state index in [0.29, 0.717) is 17.2 Å². The van der Waals surface area contributed by atoms with Gasteiger partial charge in [-0.25, -0.2) is 0 Å². The third-order valence-corrected chi connectivity index (χ3v) is 3.70. The lowest BCUT2D eigenvalue weighted by Gasteiger charge is -2.24. The van der Waals surface area contributed by atoms with Gasteiger partial charge in [0.1, 0.15) is 5.69 Å². The Morgan fingerprint density at radius 2 is 1.96 bits per heavy atom. The van der Waals surface area contributed by atoms with E-state index in [1.165, 1.54) is 0 Å². The van der Waals surface area contributed by atoms with Gasteiger partial charge in [-0.15, -0.1) is 0 Å². The predicted octanol–water partition coefficient (Wildman–Crippen LogP) is 2.19. The van der Waals surface area contributed by atoms with Gasteiger partial charge in [0.05, 0.1) is 5.56 Å². The first-order valence-corrected chi connectivity index (χ1v) is 8.26. The number of amides is 1. The van der Waals surface area contributed by atoms with Gasteiger partial charge in [-0.05, 0) is 38.6 Å². The maximum atomic E-state index is 12.8. The molecule has 2 aromatic rings. The molecule has 2 aromatic heterocycles. The van der Waals surface area contributed by atoms with E-state index < -0.39 is 0 Å². The topological polar surface area (TPSA) is 63.1 Å². The number of hydrogen-bond donors (Lipinski definition) is 1. The predicted molar refractivity (Wildman–Crippen MR) is 95.7 cm³/mol. The molecule has 0 radical (unpaired) electrons. The van der Waals surface area contributed by atoms with Gasteiger partial charge in [0.25, 0.3) is 5.91 Å². The summed E-state index contributed by atoms with van der Waals surface area (Å²) >= 11 is 0. The Balaban J connectivity index is 2.22. The van der Waals surface area contributed by atoms with Gasteiger partial charge in [-0.3, -0.25) is 14.5 Å². The van der Waals surface area contributed by atoms with Gasteiger partial charge in [0, 0.05) is 43.8 Å². The molecule has 0 aromatic carbocycles. The second-order valence-corrected chi connectivity index (χ2v) is 6.86. The highest BCUT2D eigenvalue weighted by Gasteiger charge is 2.21. The van der Waals surface area contributed by atoms with E-state index in [-0.39, 0.29) is 11.9 Å². The fourth-order valence-electron chi connectivity index (χ4n) is 2.83. The second-order valence-electron chi connectivity index (χ2n) is 6.86. The first kappa shape index (κ1) is 18.1. The van der Waals surface area contributed by atoms with Gasteiger partial charge in [0.15, 0.2) is 0 Å². The van der Waals surface area contributed by atoms with E-state index in [0.717, 1.165) is 18.5 Å². The number of aromatic nitrogens is 3. The number of rotatable bonds is 7. The molecule has 1 amide bonds.